The van der Waals surface area contributed by atoms with Gasteiger partial charge in [-0.15, -0.1) is 0 Å². The minimum absolute atomic E-state index is 0.0251. The molecular weight excluding hydrogens is 342 g/mol. The molecule has 0 N–H and O–H groups in total. The van der Waals surface area contributed by atoms with Crippen LogP contribution in [0.3, 0.4) is 0 Å². The van der Waals surface area contributed by atoms with Crippen molar-refractivity contribution in [3.05, 3.63) is 71.3 Å². The van der Waals surface area contributed by atoms with Gasteiger partial charge in [-0.3, -0.25) is 0 Å². The third-order valence-corrected chi connectivity index (χ3v) is 5.82. The summed E-state index contributed by atoms with van der Waals surface area (Å²) >= 11 is 0. The number of halogens is 2. The molecule has 0 radical (unpaired) electrons. The molecule has 1 unspecified atom stereocenters. The summed E-state index contributed by atoms with van der Waals surface area (Å²) in [5, 5.41) is 10.0. The van der Waals surface area contributed by atoms with E-state index in [1.54, 1.807) is 0 Å². The first kappa shape index (κ1) is 19.5. The number of benzene rings is 2. The van der Waals surface area contributed by atoms with Crippen molar-refractivity contribution in [2.75, 3.05) is 13.6 Å². The highest BCUT2D eigenvalue weighted by molar-refractivity contribution is 5.37. The van der Waals surface area contributed by atoms with Crippen LogP contribution in [-0.4, -0.2) is 18.5 Å². The van der Waals surface area contributed by atoms with Gasteiger partial charge in [0.1, 0.15) is 11.6 Å². The van der Waals surface area contributed by atoms with Crippen molar-refractivity contribution >= 4 is 0 Å². The Kier molecular flexibility index (Phi) is 6.23. The van der Waals surface area contributed by atoms with Crippen molar-refractivity contribution in [3.8, 4) is 6.07 Å². The largest absolute Gasteiger partial charge is 0.302 e. The molecule has 2 aromatic rings. The summed E-state index contributed by atoms with van der Waals surface area (Å²) in [7, 11) is 2.04. The molecule has 0 bridgehead atoms. The zero-order valence-corrected chi connectivity index (χ0v) is 15.8. The van der Waals surface area contributed by atoms with E-state index in [1.807, 2.05) is 25.2 Å². The molecule has 1 atom stereocenters. The predicted octanol–water partition coefficient (Wildman–Crippen LogP) is 5.44. The summed E-state index contributed by atoms with van der Waals surface area (Å²) in [6.07, 6.45) is 3.95. The molecule has 0 amide bonds. The van der Waals surface area contributed by atoms with Crippen LogP contribution in [0.2, 0.25) is 0 Å². The standard InChI is InChI=1S/C23H26F2N2/c1-27(16-18-8-3-2-4-9-18)15-7-14-23(17-26,19-10-5-11-19)22-20(24)12-6-13-21(22)25/h2-4,6,8-9,12-13,19H,5,7,10-11,14-16H2,1H3. The van der Waals surface area contributed by atoms with Crippen LogP contribution in [0.1, 0.15) is 43.2 Å². The molecular formula is C23H26F2N2. The third-order valence-electron chi connectivity index (χ3n) is 5.82. The number of nitrogens with zero attached hydrogens (tertiary/aromatic N) is 2. The molecule has 142 valence electrons. The monoisotopic (exact) mass is 368 g/mol. The Morgan fingerprint density at radius 2 is 1.74 bits per heavy atom. The Hall–Kier alpha value is -2.25. The third kappa shape index (κ3) is 4.20. The Bertz CT molecular complexity index is 776. The first-order valence-electron chi connectivity index (χ1n) is 9.65. The van der Waals surface area contributed by atoms with Crippen LogP contribution in [-0.2, 0) is 12.0 Å². The molecule has 1 fully saturated rings. The van der Waals surface area contributed by atoms with E-state index in [-0.39, 0.29) is 11.5 Å². The second-order valence-corrected chi connectivity index (χ2v) is 7.63. The highest BCUT2D eigenvalue weighted by Gasteiger charge is 2.46. The second kappa shape index (κ2) is 8.63. The Balaban J connectivity index is 1.72. The SMILES string of the molecule is CN(CCCC(C#N)(c1c(F)cccc1F)C1CCC1)Cc1ccccc1. The Morgan fingerprint density at radius 3 is 2.30 bits per heavy atom. The predicted molar refractivity (Wildman–Crippen MR) is 103 cm³/mol. The lowest BCUT2D eigenvalue weighted by molar-refractivity contribution is 0.180. The van der Waals surface area contributed by atoms with Crippen LogP contribution >= 0.6 is 0 Å². The topological polar surface area (TPSA) is 27.0 Å². The van der Waals surface area contributed by atoms with Crippen molar-refractivity contribution < 1.29 is 8.78 Å². The van der Waals surface area contributed by atoms with Crippen molar-refractivity contribution in [2.45, 2.75) is 44.1 Å². The van der Waals surface area contributed by atoms with E-state index in [2.05, 4.69) is 23.1 Å². The van der Waals surface area contributed by atoms with Crippen LogP contribution in [0.15, 0.2) is 48.5 Å². The van der Waals surface area contributed by atoms with Gasteiger partial charge in [0.2, 0.25) is 0 Å². The smallest absolute Gasteiger partial charge is 0.130 e. The van der Waals surface area contributed by atoms with Gasteiger partial charge in [0, 0.05) is 12.1 Å². The van der Waals surface area contributed by atoms with Crippen LogP contribution in [0.4, 0.5) is 8.78 Å². The zero-order valence-electron chi connectivity index (χ0n) is 15.8. The number of hydrogen-bond acceptors (Lipinski definition) is 2. The molecule has 4 heteroatoms. The maximum absolute atomic E-state index is 14.5. The Morgan fingerprint density at radius 1 is 1.07 bits per heavy atom. The average Bonchev–Trinajstić information content (AvgIpc) is 2.60. The lowest BCUT2D eigenvalue weighted by Gasteiger charge is -2.41. The van der Waals surface area contributed by atoms with E-state index in [1.165, 1.54) is 23.8 Å². The second-order valence-electron chi connectivity index (χ2n) is 7.63. The lowest BCUT2D eigenvalue weighted by Crippen LogP contribution is -2.40. The highest BCUT2D eigenvalue weighted by atomic mass is 19.1. The fraction of sp³-hybridized carbons (Fsp3) is 0.435. The van der Waals surface area contributed by atoms with Crippen molar-refractivity contribution in [3.63, 3.8) is 0 Å². The molecule has 0 heterocycles. The molecule has 27 heavy (non-hydrogen) atoms. The molecule has 0 saturated heterocycles. The number of nitriles is 1. The van der Waals surface area contributed by atoms with E-state index in [4.69, 9.17) is 0 Å². The van der Waals surface area contributed by atoms with E-state index in [0.717, 1.165) is 38.8 Å². The molecule has 1 aliphatic rings. The summed E-state index contributed by atoms with van der Waals surface area (Å²) in [6.45, 7) is 1.60. The fourth-order valence-corrected chi connectivity index (χ4v) is 4.16. The van der Waals surface area contributed by atoms with Crippen LogP contribution < -0.4 is 0 Å². The fourth-order valence-electron chi connectivity index (χ4n) is 4.16. The zero-order chi connectivity index (χ0) is 19.3. The number of hydrogen-bond donors (Lipinski definition) is 0. The minimum atomic E-state index is -1.07. The van der Waals surface area contributed by atoms with Crippen LogP contribution in [0.5, 0.6) is 0 Å². The Labute approximate surface area is 160 Å². The summed E-state index contributed by atoms with van der Waals surface area (Å²) in [4.78, 5) is 2.19. The molecule has 1 aliphatic carbocycles. The van der Waals surface area contributed by atoms with Gasteiger partial charge in [-0.25, -0.2) is 8.78 Å². The minimum Gasteiger partial charge on any atom is -0.302 e. The van der Waals surface area contributed by atoms with Gasteiger partial charge in [0.05, 0.1) is 11.5 Å². The average molecular weight is 368 g/mol. The van der Waals surface area contributed by atoms with E-state index in [9.17, 15) is 14.0 Å². The normalized spacial score (nSPS) is 16.6. The van der Waals surface area contributed by atoms with Gasteiger partial charge in [0.15, 0.2) is 0 Å². The molecule has 2 aromatic carbocycles. The van der Waals surface area contributed by atoms with Crippen molar-refractivity contribution in [1.82, 2.24) is 4.90 Å². The molecule has 1 saturated carbocycles. The molecule has 0 aromatic heterocycles. The molecule has 0 spiro atoms. The first-order chi connectivity index (χ1) is 13.1. The van der Waals surface area contributed by atoms with Crippen LogP contribution in [0, 0.1) is 28.9 Å². The van der Waals surface area contributed by atoms with Crippen LogP contribution in [0.25, 0.3) is 0 Å². The van der Waals surface area contributed by atoms with Gasteiger partial charge < -0.3 is 4.90 Å². The maximum Gasteiger partial charge on any atom is 0.130 e. The van der Waals surface area contributed by atoms with Gasteiger partial charge in [-0.1, -0.05) is 42.8 Å². The van der Waals surface area contributed by atoms with Gasteiger partial charge >= 0.3 is 0 Å². The molecule has 2 nitrogen and oxygen atoms in total. The summed E-state index contributed by atoms with van der Waals surface area (Å²) in [5.74, 6) is -1.16. The van der Waals surface area contributed by atoms with Gasteiger partial charge in [-0.05, 0) is 62.9 Å². The highest BCUT2D eigenvalue weighted by Crippen LogP contribution is 2.48. The first-order valence-corrected chi connectivity index (χ1v) is 9.65. The lowest BCUT2D eigenvalue weighted by atomic mass is 9.60. The summed E-state index contributed by atoms with van der Waals surface area (Å²) < 4.78 is 29.1. The van der Waals surface area contributed by atoms with Gasteiger partial charge in [0.25, 0.3) is 0 Å². The van der Waals surface area contributed by atoms with Crippen molar-refractivity contribution in [2.24, 2.45) is 5.92 Å². The molecule has 0 aliphatic heterocycles. The summed E-state index contributed by atoms with van der Waals surface area (Å²) in [5.41, 5.74) is 0.134. The van der Waals surface area contributed by atoms with E-state index < -0.39 is 17.0 Å². The number of rotatable bonds is 8. The quantitative estimate of drug-likeness (QED) is 0.620. The summed E-state index contributed by atoms with van der Waals surface area (Å²) in [6, 6.07) is 16.4. The van der Waals surface area contributed by atoms with Crippen molar-refractivity contribution in [1.29, 1.82) is 5.26 Å². The van der Waals surface area contributed by atoms with E-state index >= 15 is 0 Å². The van der Waals surface area contributed by atoms with E-state index in [0.29, 0.717) is 6.42 Å². The van der Waals surface area contributed by atoms with Gasteiger partial charge in [-0.2, -0.15) is 5.26 Å². The maximum atomic E-state index is 14.5. The molecule has 3 rings (SSSR count).